The minimum absolute atomic E-state index is 0.00215. The molecule has 0 spiro atoms. The van der Waals surface area contributed by atoms with Crippen LogP contribution in [0, 0.1) is 5.82 Å². The third-order valence-corrected chi connectivity index (χ3v) is 5.75. The fourth-order valence-electron chi connectivity index (χ4n) is 3.97. The summed E-state index contributed by atoms with van der Waals surface area (Å²) in [5, 5.41) is 9.45. The minimum Gasteiger partial charge on any atom is -0.481 e. The van der Waals surface area contributed by atoms with E-state index in [0.717, 1.165) is 33.4 Å². The summed E-state index contributed by atoms with van der Waals surface area (Å²) in [6.45, 7) is 6.26. The highest BCUT2D eigenvalue weighted by atomic mass is 19.1. The van der Waals surface area contributed by atoms with Crippen LogP contribution in [0.3, 0.4) is 0 Å². The molecule has 3 aromatic carbocycles. The van der Waals surface area contributed by atoms with Crippen molar-refractivity contribution in [1.82, 2.24) is 0 Å². The fraction of sp³-hybridized carbons (Fsp3) is 0.179. The molecule has 1 aliphatic rings. The Morgan fingerprint density at radius 1 is 0.969 bits per heavy atom. The third kappa shape index (κ3) is 4.50. The number of carboxylic acid groups (broad SMARTS) is 1. The predicted octanol–water partition coefficient (Wildman–Crippen LogP) is 7.54. The Balaban J connectivity index is 1.66. The molecule has 0 aromatic heterocycles. The second-order valence-corrected chi connectivity index (χ2v) is 8.32. The van der Waals surface area contributed by atoms with Crippen LogP contribution >= 0.6 is 0 Å². The first-order valence-corrected chi connectivity index (χ1v) is 10.6. The van der Waals surface area contributed by atoms with E-state index in [1.54, 1.807) is 12.1 Å². The van der Waals surface area contributed by atoms with Gasteiger partial charge in [-0.1, -0.05) is 44.2 Å². The summed E-state index contributed by atoms with van der Waals surface area (Å²) < 4.78 is 18.8. The van der Waals surface area contributed by atoms with Gasteiger partial charge in [0.05, 0.1) is 6.42 Å². The number of carboxylic acids is 1. The maximum atomic E-state index is 13.1. The van der Waals surface area contributed by atoms with Gasteiger partial charge in [0.2, 0.25) is 0 Å². The number of hydrogen-bond acceptors (Lipinski definition) is 2. The summed E-state index contributed by atoms with van der Waals surface area (Å²) in [5.41, 5.74) is 7.17. The monoisotopic (exact) mass is 428 g/mol. The first-order chi connectivity index (χ1) is 15.3. The Hall–Kier alpha value is -3.66. The molecule has 3 nitrogen and oxygen atoms in total. The second kappa shape index (κ2) is 8.83. The lowest BCUT2D eigenvalue weighted by atomic mass is 9.94. The number of benzene rings is 3. The van der Waals surface area contributed by atoms with E-state index in [1.165, 1.54) is 17.7 Å². The Labute approximate surface area is 187 Å². The summed E-state index contributed by atoms with van der Waals surface area (Å²) in [4.78, 5) is 11.5. The highest BCUT2D eigenvalue weighted by Crippen LogP contribution is 2.44. The van der Waals surface area contributed by atoms with Crippen LogP contribution in [0.4, 0.5) is 4.39 Å². The zero-order valence-electron chi connectivity index (χ0n) is 18.4. The predicted molar refractivity (Wildman–Crippen MR) is 126 cm³/mol. The number of ether oxygens (including phenoxy) is 1. The molecule has 0 amide bonds. The molecule has 4 rings (SSSR count). The topological polar surface area (TPSA) is 46.5 Å². The van der Waals surface area contributed by atoms with E-state index in [1.807, 2.05) is 31.2 Å². The van der Waals surface area contributed by atoms with Gasteiger partial charge in [-0.05, 0) is 94.3 Å². The Kier molecular flexibility index (Phi) is 5.95. The van der Waals surface area contributed by atoms with Crippen molar-refractivity contribution in [2.45, 2.75) is 33.1 Å². The number of rotatable bonds is 6. The number of hydrogen-bond donors (Lipinski definition) is 1. The van der Waals surface area contributed by atoms with Crippen molar-refractivity contribution in [3.63, 3.8) is 0 Å². The lowest BCUT2D eigenvalue weighted by Crippen LogP contribution is -1.98. The van der Waals surface area contributed by atoms with Crippen LogP contribution in [0.15, 0.2) is 72.3 Å². The molecule has 0 atom stereocenters. The molecular weight excluding hydrogens is 403 g/mol. The highest BCUT2D eigenvalue weighted by Gasteiger charge is 2.25. The molecular formula is C28H25FO3. The molecule has 32 heavy (non-hydrogen) atoms. The summed E-state index contributed by atoms with van der Waals surface area (Å²) in [7, 11) is 0. The highest BCUT2D eigenvalue weighted by molar-refractivity contribution is 6.07. The molecule has 0 radical (unpaired) electrons. The average molecular weight is 429 g/mol. The van der Waals surface area contributed by atoms with Gasteiger partial charge in [-0.3, -0.25) is 4.79 Å². The molecule has 1 N–H and O–H groups in total. The summed E-state index contributed by atoms with van der Waals surface area (Å²) in [6, 6.07) is 19.9. The molecule has 1 aliphatic carbocycles. The lowest BCUT2D eigenvalue weighted by molar-refractivity contribution is -0.135. The van der Waals surface area contributed by atoms with E-state index in [9.17, 15) is 14.3 Å². The summed E-state index contributed by atoms with van der Waals surface area (Å²) >= 11 is 0. The van der Waals surface area contributed by atoms with Gasteiger partial charge in [-0.15, -0.1) is 0 Å². The molecule has 0 bridgehead atoms. The Morgan fingerprint density at radius 3 is 2.19 bits per heavy atom. The normalized spacial score (nSPS) is 14.2. The van der Waals surface area contributed by atoms with Gasteiger partial charge in [0.1, 0.15) is 17.3 Å². The molecule has 0 saturated heterocycles. The van der Waals surface area contributed by atoms with Gasteiger partial charge in [0.25, 0.3) is 0 Å². The molecule has 4 heteroatoms. The van der Waals surface area contributed by atoms with Crippen molar-refractivity contribution < 1.29 is 19.0 Å². The number of carbonyl (C=O) groups is 1. The first-order valence-electron chi connectivity index (χ1n) is 10.6. The third-order valence-electron chi connectivity index (χ3n) is 5.75. The number of fused-ring (bicyclic) bond motifs is 1. The van der Waals surface area contributed by atoms with E-state index in [-0.39, 0.29) is 12.2 Å². The van der Waals surface area contributed by atoms with Crippen molar-refractivity contribution in [1.29, 1.82) is 0 Å². The Morgan fingerprint density at radius 2 is 1.59 bits per heavy atom. The van der Waals surface area contributed by atoms with Gasteiger partial charge in [0.15, 0.2) is 0 Å². The van der Waals surface area contributed by atoms with E-state index in [2.05, 4.69) is 38.1 Å². The molecule has 0 aliphatic heterocycles. The first kappa shape index (κ1) is 21.6. The van der Waals surface area contributed by atoms with Crippen molar-refractivity contribution in [2.75, 3.05) is 0 Å². The van der Waals surface area contributed by atoms with E-state index in [0.29, 0.717) is 17.4 Å². The molecule has 0 unspecified atom stereocenters. The average Bonchev–Trinajstić information content (AvgIpc) is 3.01. The zero-order valence-corrected chi connectivity index (χ0v) is 18.4. The minimum atomic E-state index is -0.830. The van der Waals surface area contributed by atoms with Crippen LogP contribution in [0.2, 0.25) is 0 Å². The number of allylic oxidation sites excluding steroid dienone is 2. The maximum Gasteiger partial charge on any atom is 0.307 e. The number of aliphatic carboxylic acids is 1. The summed E-state index contributed by atoms with van der Waals surface area (Å²) in [6.07, 6.45) is 2.09. The molecule has 0 saturated carbocycles. The van der Waals surface area contributed by atoms with E-state index >= 15 is 0 Å². The van der Waals surface area contributed by atoms with Crippen LogP contribution in [-0.4, -0.2) is 11.1 Å². The van der Waals surface area contributed by atoms with Gasteiger partial charge in [-0.25, -0.2) is 4.39 Å². The van der Waals surface area contributed by atoms with Gasteiger partial charge in [0, 0.05) is 0 Å². The maximum absolute atomic E-state index is 13.1. The molecule has 0 heterocycles. The lowest BCUT2D eigenvalue weighted by Gasteiger charge is -2.10. The van der Waals surface area contributed by atoms with E-state index < -0.39 is 5.97 Å². The number of halogens is 1. The van der Waals surface area contributed by atoms with Crippen LogP contribution in [0.5, 0.6) is 11.5 Å². The second-order valence-electron chi connectivity index (χ2n) is 8.32. The Bertz CT molecular complexity index is 1220. The van der Waals surface area contributed by atoms with Crippen LogP contribution < -0.4 is 4.74 Å². The van der Waals surface area contributed by atoms with Gasteiger partial charge >= 0.3 is 5.97 Å². The molecule has 162 valence electrons. The van der Waals surface area contributed by atoms with Crippen LogP contribution in [0.25, 0.3) is 17.2 Å². The van der Waals surface area contributed by atoms with Crippen molar-refractivity contribution in [3.05, 3.63) is 100 Å². The summed E-state index contributed by atoms with van der Waals surface area (Å²) in [5.74, 6) is 0.464. The molecule has 3 aromatic rings. The largest absolute Gasteiger partial charge is 0.481 e. The zero-order chi connectivity index (χ0) is 22.8. The fourth-order valence-corrected chi connectivity index (χ4v) is 3.97. The van der Waals surface area contributed by atoms with Crippen molar-refractivity contribution >= 4 is 23.2 Å². The van der Waals surface area contributed by atoms with Crippen LogP contribution in [0.1, 0.15) is 55.4 Å². The van der Waals surface area contributed by atoms with E-state index in [4.69, 9.17) is 4.74 Å². The van der Waals surface area contributed by atoms with Crippen molar-refractivity contribution in [2.24, 2.45) is 0 Å². The SMILES string of the molecule is CC1=C(CC(=O)O)c2cc(C(C)C)ccc2/C1=C\c1ccc(Oc2ccc(F)cc2)cc1. The van der Waals surface area contributed by atoms with Gasteiger partial charge in [-0.2, -0.15) is 0 Å². The smallest absolute Gasteiger partial charge is 0.307 e. The van der Waals surface area contributed by atoms with Crippen molar-refractivity contribution in [3.8, 4) is 11.5 Å². The molecule has 0 fully saturated rings. The standard InChI is InChI=1S/C28H25FO3/c1-17(2)20-6-13-24-25(18(3)26(16-28(30)31)27(24)15-20)14-19-4-9-22(10-5-19)32-23-11-7-21(29)8-12-23/h4-15,17H,16H2,1-3H3,(H,30,31)/b25-14-. The van der Waals surface area contributed by atoms with Crippen LogP contribution in [-0.2, 0) is 4.79 Å². The quantitative estimate of drug-likeness (QED) is 0.441. The van der Waals surface area contributed by atoms with Gasteiger partial charge < -0.3 is 9.84 Å².